The smallest absolute Gasteiger partial charge is 0.191 e. The second-order valence-electron chi connectivity index (χ2n) is 8.83. The number of halogens is 1. The molecular formula is C20H36IN3O2. The van der Waals surface area contributed by atoms with Crippen LogP contribution in [0.4, 0.5) is 0 Å². The maximum absolute atomic E-state index is 6.11. The van der Waals surface area contributed by atoms with Crippen LogP contribution in [-0.4, -0.2) is 52.0 Å². The van der Waals surface area contributed by atoms with Gasteiger partial charge in [-0.2, -0.15) is 0 Å². The molecule has 4 rings (SSSR count). The Balaban J connectivity index is 0.00000196. The first-order valence-corrected chi connectivity index (χ1v) is 10.3. The second-order valence-corrected chi connectivity index (χ2v) is 8.83. The van der Waals surface area contributed by atoms with E-state index in [1.54, 1.807) is 7.11 Å². The summed E-state index contributed by atoms with van der Waals surface area (Å²) in [6, 6.07) is 0.546. The number of fused-ring (bicyclic) bond motifs is 2. The van der Waals surface area contributed by atoms with Crippen LogP contribution in [-0.2, 0) is 9.47 Å². The van der Waals surface area contributed by atoms with Crippen LogP contribution in [0, 0.1) is 16.7 Å². The van der Waals surface area contributed by atoms with Crippen molar-refractivity contribution in [2.24, 2.45) is 21.7 Å². The average Bonchev–Trinajstić information content (AvgIpc) is 3.24. The van der Waals surface area contributed by atoms with Gasteiger partial charge in [-0.15, -0.1) is 24.0 Å². The molecule has 5 nitrogen and oxygen atoms in total. The summed E-state index contributed by atoms with van der Waals surface area (Å²) >= 11 is 0. The topological polar surface area (TPSA) is 54.9 Å². The third-order valence-electron chi connectivity index (χ3n) is 7.68. The molecule has 4 aliphatic rings. The molecule has 1 heterocycles. The Labute approximate surface area is 175 Å². The highest BCUT2D eigenvalue weighted by Gasteiger charge is 2.65. The molecule has 0 aromatic rings. The molecule has 1 spiro atoms. The van der Waals surface area contributed by atoms with E-state index < -0.39 is 0 Å². The van der Waals surface area contributed by atoms with Gasteiger partial charge in [-0.3, -0.25) is 4.99 Å². The molecule has 3 aliphatic carbocycles. The molecule has 0 radical (unpaired) electrons. The summed E-state index contributed by atoms with van der Waals surface area (Å²) < 4.78 is 11.4. The summed E-state index contributed by atoms with van der Waals surface area (Å²) in [5, 5.41) is 7.46. The van der Waals surface area contributed by atoms with Crippen molar-refractivity contribution in [3.05, 3.63) is 0 Å². The third kappa shape index (κ3) is 3.50. The Morgan fingerprint density at radius 1 is 1.19 bits per heavy atom. The van der Waals surface area contributed by atoms with Gasteiger partial charge in [-0.25, -0.2) is 0 Å². The molecule has 26 heavy (non-hydrogen) atoms. The predicted octanol–water partition coefficient (Wildman–Crippen LogP) is 3.32. The summed E-state index contributed by atoms with van der Waals surface area (Å²) in [6.45, 7) is 2.82. The Bertz CT molecular complexity index is 503. The van der Waals surface area contributed by atoms with E-state index in [2.05, 4.69) is 15.6 Å². The van der Waals surface area contributed by atoms with Crippen molar-refractivity contribution in [3.63, 3.8) is 0 Å². The van der Waals surface area contributed by atoms with Crippen molar-refractivity contribution in [1.29, 1.82) is 0 Å². The number of hydrogen-bond acceptors (Lipinski definition) is 3. The van der Waals surface area contributed by atoms with Crippen molar-refractivity contribution in [1.82, 2.24) is 10.6 Å². The minimum absolute atomic E-state index is 0. The first-order chi connectivity index (χ1) is 12.2. The zero-order valence-electron chi connectivity index (χ0n) is 16.4. The number of nitrogens with zero attached hydrogens (tertiary/aromatic N) is 1. The van der Waals surface area contributed by atoms with Gasteiger partial charge >= 0.3 is 0 Å². The van der Waals surface area contributed by atoms with Gasteiger partial charge in [-0.1, -0.05) is 19.3 Å². The summed E-state index contributed by atoms with van der Waals surface area (Å²) in [6.07, 6.45) is 12.2. The monoisotopic (exact) mass is 477 g/mol. The fraction of sp³-hybridized carbons (Fsp3) is 0.950. The Kier molecular flexibility index (Phi) is 6.76. The summed E-state index contributed by atoms with van der Waals surface area (Å²) in [5.41, 5.74) is 0.792. The van der Waals surface area contributed by atoms with Crippen molar-refractivity contribution in [3.8, 4) is 0 Å². The second kappa shape index (κ2) is 8.52. The zero-order chi connectivity index (χ0) is 17.3. The minimum Gasteiger partial charge on any atom is -0.385 e. The summed E-state index contributed by atoms with van der Waals surface area (Å²) in [4.78, 5) is 4.54. The predicted molar refractivity (Wildman–Crippen MR) is 115 cm³/mol. The largest absolute Gasteiger partial charge is 0.385 e. The molecular weight excluding hydrogens is 441 g/mol. The first-order valence-electron chi connectivity index (χ1n) is 10.3. The maximum Gasteiger partial charge on any atom is 0.191 e. The molecule has 3 unspecified atom stereocenters. The van der Waals surface area contributed by atoms with Crippen molar-refractivity contribution >= 4 is 29.9 Å². The lowest BCUT2D eigenvalue weighted by atomic mass is 9.54. The average molecular weight is 477 g/mol. The van der Waals surface area contributed by atoms with E-state index in [0.717, 1.165) is 32.1 Å². The first kappa shape index (κ1) is 20.6. The lowest BCUT2D eigenvalue weighted by Gasteiger charge is -2.57. The zero-order valence-corrected chi connectivity index (χ0v) is 18.7. The quantitative estimate of drug-likeness (QED) is 0.350. The number of guanidine groups is 1. The van der Waals surface area contributed by atoms with Gasteiger partial charge in [0.2, 0.25) is 0 Å². The molecule has 0 aromatic carbocycles. The van der Waals surface area contributed by atoms with Gasteiger partial charge < -0.3 is 20.1 Å². The van der Waals surface area contributed by atoms with Gasteiger partial charge in [0, 0.05) is 51.3 Å². The van der Waals surface area contributed by atoms with Gasteiger partial charge in [0.25, 0.3) is 0 Å². The van der Waals surface area contributed by atoms with Gasteiger partial charge in [-0.05, 0) is 43.9 Å². The number of rotatable bonds is 6. The van der Waals surface area contributed by atoms with E-state index in [0.29, 0.717) is 28.9 Å². The molecule has 3 atom stereocenters. The van der Waals surface area contributed by atoms with Crippen LogP contribution >= 0.6 is 24.0 Å². The fourth-order valence-corrected chi connectivity index (χ4v) is 6.03. The van der Waals surface area contributed by atoms with Crippen LogP contribution in [0.2, 0.25) is 0 Å². The Hall–Kier alpha value is -0.0800. The highest BCUT2D eigenvalue weighted by Crippen LogP contribution is 2.60. The fourth-order valence-electron chi connectivity index (χ4n) is 6.03. The number of nitrogens with one attached hydrogen (secondary N) is 2. The summed E-state index contributed by atoms with van der Waals surface area (Å²) in [5.74, 6) is 1.67. The van der Waals surface area contributed by atoms with E-state index in [1.165, 1.54) is 51.4 Å². The molecule has 1 saturated heterocycles. The highest BCUT2D eigenvalue weighted by atomic mass is 127. The summed E-state index contributed by atoms with van der Waals surface area (Å²) in [7, 11) is 3.71. The molecule has 2 N–H and O–H groups in total. The molecule has 3 saturated carbocycles. The van der Waals surface area contributed by atoms with E-state index in [-0.39, 0.29) is 24.0 Å². The van der Waals surface area contributed by atoms with E-state index in [4.69, 9.17) is 9.47 Å². The number of hydrogen-bond donors (Lipinski definition) is 2. The SMILES string of the molecule is CN=C(NCC1(CCOC)CCC1)NC1C2CCOC2C12CCCC2.I. The molecule has 6 heteroatoms. The van der Waals surface area contributed by atoms with E-state index in [9.17, 15) is 0 Å². The van der Waals surface area contributed by atoms with Gasteiger partial charge in [0.1, 0.15) is 0 Å². The Morgan fingerprint density at radius 2 is 1.96 bits per heavy atom. The minimum atomic E-state index is 0. The number of ether oxygens (including phenoxy) is 2. The van der Waals surface area contributed by atoms with Crippen LogP contribution in [0.25, 0.3) is 0 Å². The highest BCUT2D eigenvalue weighted by molar-refractivity contribution is 14.0. The van der Waals surface area contributed by atoms with Crippen molar-refractivity contribution in [2.75, 3.05) is 33.9 Å². The number of methoxy groups -OCH3 is 1. The third-order valence-corrected chi connectivity index (χ3v) is 7.68. The Morgan fingerprint density at radius 3 is 2.58 bits per heavy atom. The van der Waals surface area contributed by atoms with Gasteiger partial charge in [0.05, 0.1) is 6.10 Å². The van der Waals surface area contributed by atoms with Crippen LogP contribution in [0.15, 0.2) is 4.99 Å². The lowest BCUT2D eigenvalue weighted by molar-refractivity contribution is -0.125. The number of aliphatic imine (C=N–C) groups is 1. The molecule has 1 aliphatic heterocycles. The lowest BCUT2D eigenvalue weighted by Crippen LogP contribution is -2.69. The van der Waals surface area contributed by atoms with Crippen LogP contribution < -0.4 is 10.6 Å². The molecule has 0 amide bonds. The van der Waals surface area contributed by atoms with Gasteiger partial charge in [0.15, 0.2) is 5.96 Å². The maximum atomic E-state index is 6.11. The van der Waals surface area contributed by atoms with E-state index >= 15 is 0 Å². The van der Waals surface area contributed by atoms with Crippen LogP contribution in [0.5, 0.6) is 0 Å². The van der Waals surface area contributed by atoms with Crippen LogP contribution in [0.1, 0.15) is 57.8 Å². The van der Waals surface area contributed by atoms with Crippen molar-refractivity contribution in [2.45, 2.75) is 69.9 Å². The molecule has 0 bridgehead atoms. The van der Waals surface area contributed by atoms with E-state index in [1.807, 2.05) is 7.05 Å². The molecule has 4 fully saturated rings. The molecule has 150 valence electrons. The normalized spacial score (nSPS) is 33.8. The van der Waals surface area contributed by atoms with Crippen LogP contribution in [0.3, 0.4) is 0 Å². The molecule has 0 aromatic heterocycles. The standard InChI is InChI=1S/C20H35N3O2.HI/c1-21-18(22-14-19(7-5-8-19)11-13-24-2)23-16-15-6-12-25-17(15)20(16)9-3-4-10-20;/h15-17H,3-14H2,1-2H3,(H2,21,22,23);1H. The van der Waals surface area contributed by atoms with Crippen molar-refractivity contribution < 1.29 is 9.47 Å².